The molecule has 0 atom stereocenters. The van der Waals surface area contributed by atoms with Crippen molar-refractivity contribution in [2.45, 2.75) is 0 Å². The Labute approximate surface area is 120 Å². The largest absolute Gasteiger partial charge is 0.491 e. The quantitative estimate of drug-likeness (QED) is 0.661. The standard InChI is InChI=1S/C13H20N2O3.ClH/c1-14-7-8-15-13(16)11-17-9-10-18-12-5-3-2-4-6-12;/h2-6,14H,7-11H2,1H3,(H,15,16);1H. The van der Waals surface area contributed by atoms with E-state index in [0.717, 1.165) is 12.3 Å². The lowest BCUT2D eigenvalue weighted by atomic mass is 10.3. The zero-order valence-electron chi connectivity index (χ0n) is 11.1. The molecule has 0 heterocycles. The molecule has 0 saturated heterocycles. The lowest BCUT2D eigenvalue weighted by molar-refractivity contribution is -0.125. The van der Waals surface area contributed by atoms with Crippen LogP contribution in [0, 0.1) is 0 Å². The average molecular weight is 289 g/mol. The van der Waals surface area contributed by atoms with Crippen LogP contribution < -0.4 is 15.4 Å². The molecular formula is C13H21ClN2O3. The second kappa shape index (κ2) is 11.8. The fraction of sp³-hybridized carbons (Fsp3) is 0.462. The highest BCUT2D eigenvalue weighted by molar-refractivity contribution is 5.85. The zero-order chi connectivity index (χ0) is 13.1. The molecular weight excluding hydrogens is 268 g/mol. The summed E-state index contributed by atoms with van der Waals surface area (Å²) in [7, 11) is 1.84. The Hall–Kier alpha value is -1.30. The van der Waals surface area contributed by atoms with Crippen molar-refractivity contribution in [2.75, 3.05) is 40.0 Å². The summed E-state index contributed by atoms with van der Waals surface area (Å²) in [5.74, 6) is 0.699. The molecule has 5 nitrogen and oxygen atoms in total. The van der Waals surface area contributed by atoms with E-state index in [1.54, 1.807) is 0 Å². The van der Waals surface area contributed by atoms with Crippen LogP contribution in [0.15, 0.2) is 30.3 Å². The fourth-order valence-electron chi connectivity index (χ4n) is 1.28. The summed E-state index contributed by atoms with van der Waals surface area (Å²) < 4.78 is 10.6. The molecule has 6 heteroatoms. The summed E-state index contributed by atoms with van der Waals surface area (Å²) in [5, 5.41) is 5.67. The van der Waals surface area contributed by atoms with E-state index in [4.69, 9.17) is 9.47 Å². The van der Waals surface area contributed by atoms with Crippen molar-refractivity contribution >= 4 is 18.3 Å². The third kappa shape index (κ3) is 9.30. The maximum atomic E-state index is 11.2. The van der Waals surface area contributed by atoms with Crippen LogP contribution in [0.25, 0.3) is 0 Å². The summed E-state index contributed by atoms with van der Waals surface area (Å²) in [6.07, 6.45) is 0. The summed E-state index contributed by atoms with van der Waals surface area (Å²) in [6.45, 7) is 2.27. The summed E-state index contributed by atoms with van der Waals surface area (Å²) in [6, 6.07) is 9.50. The molecule has 0 bridgehead atoms. The van der Waals surface area contributed by atoms with Crippen LogP contribution >= 0.6 is 12.4 Å². The maximum Gasteiger partial charge on any atom is 0.246 e. The number of nitrogens with one attached hydrogen (secondary N) is 2. The molecule has 19 heavy (non-hydrogen) atoms. The Morgan fingerprint density at radius 1 is 1.16 bits per heavy atom. The van der Waals surface area contributed by atoms with Crippen LogP contribution in [0.4, 0.5) is 0 Å². The molecule has 0 aromatic heterocycles. The van der Waals surface area contributed by atoms with Crippen molar-refractivity contribution in [1.82, 2.24) is 10.6 Å². The number of hydrogen-bond acceptors (Lipinski definition) is 4. The molecule has 1 aromatic rings. The molecule has 1 aromatic carbocycles. The van der Waals surface area contributed by atoms with Gasteiger partial charge in [0.1, 0.15) is 19.0 Å². The monoisotopic (exact) mass is 288 g/mol. The van der Waals surface area contributed by atoms with Gasteiger partial charge in [0.15, 0.2) is 0 Å². The second-order valence-electron chi connectivity index (χ2n) is 3.67. The zero-order valence-corrected chi connectivity index (χ0v) is 11.9. The fourth-order valence-corrected chi connectivity index (χ4v) is 1.28. The van der Waals surface area contributed by atoms with E-state index in [0.29, 0.717) is 19.8 Å². The van der Waals surface area contributed by atoms with Gasteiger partial charge in [-0.1, -0.05) is 18.2 Å². The number of ether oxygens (including phenoxy) is 2. The van der Waals surface area contributed by atoms with E-state index in [1.807, 2.05) is 37.4 Å². The van der Waals surface area contributed by atoms with Gasteiger partial charge in [-0.05, 0) is 19.2 Å². The van der Waals surface area contributed by atoms with Gasteiger partial charge in [-0.2, -0.15) is 0 Å². The van der Waals surface area contributed by atoms with Crippen LogP contribution in [-0.4, -0.2) is 45.9 Å². The van der Waals surface area contributed by atoms with Crippen LogP contribution in [0.3, 0.4) is 0 Å². The van der Waals surface area contributed by atoms with E-state index in [1.165, 1.54) is 0 Å². The number of rotatable bonds is 9. The van der Waals surface area contributed by atoms with E-state index < -0.39 is 0 Å². The molecule has 0 aliphatic heterocycles. The van der Waals surface area contributed by atoms with Crippen molar-refractivity contribution in [3.8, 4) is 5.75 Å². The third-order valence-electron chi connectivity index (χ3n) is 2.17. The lowest BCUT2D eigenvalue weighted by Gasteiger charge is -2.07. The molecule has 0 radical (unpaired) electrons. The lowest BCUT2D eigenvalue weighted by Crippen LogP contribution is -2.33. The Kier molecular flexibility index (Phi) is 11.0. The number of likely N-dealkylation sites (N-methyl/N-ethyl adjacent to an activating group) is 1. The Morgan fingerprint density at radius 3 is 2.58 bits per heavy atom. The predicted octanol–water partition coefficient (Wildman–Crippen LogP) is 0.839. The van der Waals surface area contributed by atoms with Crippen molar-refractivity contribution in [2.24, 2.45) is 0 Å². The topological polar surface area (TPSA) is 59.6 Å². The molecule has 0 aliphatic rings. The van der Waals surface area contributed by atoms with Gasteiger partial charge in [0.25, 0.3) is 0 Å². The first-order valence-corrected chi connectivity index (χ1v) is 6.00. The number of para-hydroxylation sites is 1. The van der Waals surface area contributed by atoms with Gasteiger partial charge in [0, 0.05) is 13.1 Å². The van der Waals surface area contributed by atoms with Gasteiger partial charge in [-0.25, -0.2) is 0 Å². The van der Waals surface area contributed by atoms with Crippen LogP contribution in [0.1, 0.15) is 0 Å². The first kappa shape index (κ1) is 17.7. The third-order valence-corrected chi connectivity index (χ3v) is 2.17. The molecule has 0 fully saturated rings. The summed E-state index contributed by atoms with van der Waals surface area (Å²) >= 11 is 0. The molecule has 1 amide bonds. The van der Waals surface area contributed by atoms with Gasteiger partial charge in [-0.3, -0.25) is 4.79 Å². The molecule has 108 valence electrons. The Morgan fingerprint density at radius 2 is 1.89 bits per heavy atom. The van der Waals surface area contributed by atoms with Crippen molar-refractivity contribution in [1.29, 1.82) is 0 Å². The second-order valence-corrected chi connectivity index (χ2v) is 3.67. The first-order chi connectivity index (χ1) is 8.83. The van der Waals surface area contributed by atoms with Gasteiger partial charge >= 0.3 is 0 Å². The van der Waals surface area contributed by atoms with Crippen molar-refractivity contribution in [3.63, 3.8) is 0 Å². The number of benzene rings is 1. The minimum atomic E-state index is -0.107. The molecule has 1 rings (SSSR count). The SMILES string of the molecule is CNCCNC(=O)COCCOc1ccccc1.Cl. The normalized spacial score (nSPS) is 9.53. The van der Waals surface area contributed by atoms with Gasteiger partial charge < -0.3 is 20.1 Å². The Balaban J connectivity index is 0.00000324. The number of carbonyl (C=O) groups excluding carboxylic acids is 1. The van der Waals surface area contributed by atoms with Gasteiger partial charge in [-0.15, -0.1) is 12.4 Å². The van der Waals surface area contributed by atoms with Crippen LogP contribution in [0.2, 0.25) is 0 Å². The van der Waals surface area contributed by atoms with E-state index in [-0.39, 0.29) is 24.9 Å². The van der Waals surface area contributed by atoms with Crippen molar-refractivity contribution < 1.29 is 14.3 Å². The first-order valence-electron chi connectivity index (χ1n) is 6.00. The molecule has 0 unspecified atom stereocenters. The minimum absolute atomic E-state index is 0. The maximum absolute atomic E-state index is 11.2. The van der Waals surface area contributed by atoms with Crippen molar-refractivity contribution in [3.05, 3.63) is 30.3 Å². The minimum Gasteiger partial charge on any atom is -0.491 e. The van der Waals surface area contributed by atoms with Crippen LogP contribution in [0.5, 0.6) is 5.75 Å². The number of amides is 1. The number of hydrogen-bond donors (Lipinski definition) is 2. The highest BCUT2D eigenvalue weighted by Gasteiger charge is 1.99. The number of carbonyl (C=O) groups is 1. The average Bonchev–Trinajstić information content (AvgIpc) is 2.40. The molecule has 0 saturated carbocycles. The smallest absolute Gasteiger partial charge is 0.246 e. The predicted molar refractivity (Wildman–Crippen MR) is 76.9 cm³/mol. The van der Waals surface area contributed by atoms with Gasteiger partial charge in [0.05, 0.1) is 6.61 Å². The van der Waals surface area contributed by atoms with E-state index in [9.17, 15) is 4.79 Å². The highest BCUT2D eigenvalue weighted by atomic mass is 35.5. The van der Waals surface area contributed by atoms with Crippen LogP contribution in [-0.2, 0) is 9.53 Å². The van der Waals surface area contributed by atoms with E-state index in [2.05, 4.69) is 10.6 Å². The summed E-state index contributed by atoms with van der Waals surface area (Å²) in [4.78, 5) is 11.2. The highest BCUT2D eigenvalue weighted by Crippen LogP contribution is 2.07. The number of halogens is 1. The Bertz CT molecular complexity index is 336. The molecule has 0 aliphatic carbocycles. The molecule has 2 N–H and O–H groups in total. The van der Waals surface area contributed by atoms with E-state index >= 15 is 0 Å². The van der Waals surface area contributed by atoms with Gasteiger partial charge in [0.2, 0.25) is 5.91 Å². The molecule has 0 spiro atoms. The summed E-state index contributed by atoms with van der Waals surface area (Å²) in [5.41, 5.74) is 0.